The van der Waals surface area contributed by atoms with Gasteiger partial charge in [-0.3, -0.25) is 5.10 Å². The van der Waals surface area contributed by atoms with Crippen LogP contribution in [-0.2, 0) is 10.9 Å². The lowest BCUT2D eigenvalue weighted by Crippen LogP contribution is -2.38. The number of halogens is 3. The first kappa shape index (κ1) is 14.8. The molecule has 2 saturated heterocycles. The Bertz CT molecular complexity index is 468. The summed E-state index contributed by atoms with van der Waals surface area (Å²) in [5, 5.41) is 5.98. The Morgan fingerprint density at radius 1 is 1.38 bits per heavy atom. The van der Waals surface area contributed by atoms with E-state index in [2.05, 4.69) is 15.1 Å². The van der Waals surface area contributed by atoms with Crippen LogP contribution >= 0.6 is 0 Å². The topological polar surface area (TPSA) is 41.1 Å². The molecular formula is C14H20F3N3O. The van der Waals surface area contributed by atoms with Crippen molar-refractivity contribution in [3.8, 4) is 0 Å². The van der Waals surface area contributed by atoms with Gasteiger partial charge in [-0.25, -0.2) is 0 Å². The first-order chi connectivity index (χ1) is 10.0. The van der Waals surface area contributed by atoms with E-state index in [9.17, 15) is 13.2 Å². The van der Waals surface area contributed by atoms with E-state index in [0.717, 1.165) is 58.2 Å². The van der Waals surface area contributed by atoms with Gasteiger partial charge in [0.05, 0.1) is 6.61 Å². The van der Waals surface area contributed by atoms with Gasteiger partial charge in [-0.2, -0.15) is 18.3 Å². The van der Waals surface area contributed by atoms with Gasteiger partial charge in [0, 0.05) is 31.3 Å². The Kier molecular flexibility index (Phi) is 4.21. The van der Waals surface area contributed by atoms with Gasteiger partial charge < -0.3 is 9.64 Å². The van der Waals surface area contributed by atoms with Crippen molar-refractivity contribution in [1.82, 2.24) is 15.1 Å². The van der Waals surface area contributed by atoms with Crippen LogP contribution in [0.5, 0.6) is 0 Å². The molecular weight excluding hydrogens is 283 g/mol. The van der Waals surface area contributed by atoms with Gasteiger partial charge in [0.25, 0.3) is 0 Å². The second kappa shape index (κ2) is 5.96. The van der Waals surface area contributed by atoms with Crippen molar-refractivity contribution in [2.75, 3.05) is 32.8 Å². The van der Waals surface area contributed by atoms with E-state index in [4.69, 9.17) is 4.74 Å². The first-order valence-corrected chi connectivity index (χ1v) is 7.45. The Morgan fingerprint density at radius 2 is 2.24 bits per heavy atom. The number of nitrogens with zero attached hydrogens (tertiary/aromatic N) is 2. The first-order valence-electron chi connectivity index (χ1n) is 7.45. The highest BCUT2D eigenvalue weighted by molar-refractivity contribution is 5.16. The number of hydrogen-bond acceptors (Lipinski definition) is 3. The molecule has 3 rings (SSSR count). The molecule has 4 nitrogen and oxygen atoms in total. The fourth-order valence-corrected chi connectivity index (χ4v) is 3.26. The molecule has 0 saturated carbocycles. The molecule has 2 atom stereocenters. The van der Waals surface area contributed by atoms with Crippen molar-refractivity contribution in [3.63, 3.8) is 0 Å². The number of aromatic amines is 1. The van der Waals surface area contributed by atoms with E-state index in [-0.39, 0.29) is 5.92 Å². The molecule has 0 amide bonds. The number of hydrogen-bond donors (Lipinski definition) is 1. The van der Waals surface area contributed by atoms with E-state index in [0.29, 0.717) is 11.6 Å². The van der Waals surface area contributed by atoms with Crippen molar-refractivity contribution >= 4 is 0 Å². The van der Waals surface area contributed by atoms with Crippen LogP contribution in [-0.4, -0.2) is 47.9 Å². The van der Waals surface area contributed by atoms with Gasteiger partial charge in [-0.05, 0) is 37.8 Å². The molecule has 1 aromatic heterocycles. The van der Waals surface area contributed by atoms with Crippen LogP contribution in [0.1, 0.15) is 36.6 Å². The molecule has 0 aromatic carbocycles. The van der Waals surface area contributed by atoms with Crippen molar-refractivity contribution in [1.29, 1.82) is 0 Å². The Labute approximate surface area is 121 Å². The molecule has 0 bridgehead atoms. The zero-order valence-corrected chi connectivity index (χ0v) is 11.8. The summed E-state index contributed by atoms with van der Waals surface area (Å²) in [6, 6.07) is 1.16. The normalized spacial score (nSPS) is 28.1. The smallest absolute Gasteiger partial charge is 0.381 e. The number of alkyl halides is 3. The molecule has 2 aliphatic heterocycles. The monoisotopic (exact) mass is 303 g/mol. The predicted molar refractivity (Wildman–Crippen MR) is 70.9 cm³/mol. The van der Waals surface area contributed by atoms with Crippen molar-refractivity contribution in [2.24, 2.45) is 5.92 Å². The van der Waals surface area contributed by atoms with E-state index < -0.39 is 11.9 Å². The molecule has 21 heavy (non-hydrogen) atoms. The van der Waals surface area contributed by atoms with Gasteiger partial charge in [0.1, 0.15) is 0 Å². The highest BCUT2D eigenvalue weighted by Crippen LogP contribution is 2.32. The maximum absolute atomic E-state index is 12.6. The maximum atomic E-state index is 12.6. The van der Waals surface area contributed by atoms with Crippen molar-refractivity contribution in [2.45, 2.75) is 31.4 Å². The Morgan fingerprint density at radius 3 is 2.90 bits per heavy atom. The van der Waals surface area contributed by atoms with Gasteiger partial charge in [0.15, 0.2) is 5.69 Å². The SMILES string of the molecule is FC(F)(F)c1cc([C@H]2CCCN(C[C@H]3CCOC3)C2)[nH]n1. The zero-order chi connectivity index (χ0) is 14.9. The Balaban J connectivity index is 1.61. The molecule has 0 radical (unpaired) electrons. The van der Waals surface area contributed by atoms with Crippen molar-refractivity contribution in [3.05, 3.63) is 17.5 Å². The number of ether oxygens (including phenoxy) is 1. The van der Waals surface area contributed by atoms with Crippen LogP contribution in [0.4, 0.5) is 13.2 Å². The van der Waals surface area contributed by atoms with E-state index in [1.165, 1.54) is 0 Å². The lowest BCUT2D eigenvalue weighted by molar-refractivity contribution is -0.141. The molecule has 118 valence electrons. The summed E-state index contributed by atoms with van der Waals surface area (Å²) >= 11 is 0. The minimum absolute atomic E-state index is 0.115. The van der Waals surface area contributed by atoms with Crippen LogP contribution in [0.3, 0.4) is 0 Å². The van der Waals surface area contributed by atoms with Crippen LogP contribution in [0.25, 0.3) is 0 Å². The molecule has 1 aromatic rings. The minimum Gasteiger partial charge on any atom is -0.381 e. The lowest BCUT2D eigenvalue weighted by atomic mass is 9.93. The minimum atomic E-state index is -4.37. The number of rotatable bonds is 3. The summed E-state index contributed by atoms with van der Waals surface area (Å²) in [7, 11) is 0. The lowest BCUT2D eigenvalue weighted by Gasteiger charge is -2.33. The molecule has 0 aliphatic carbocycles. The van der Waals surface area contributed by atoms with Gasteiger partial charge in [0.2, 0.25) is 0 Å². The third-order valence-corrected chi connectivity index (χ3v) is 4.37. The standard InChI is InChI=1S/C14H20F3N3O/c15-14(16,17)13-6-12(18-19-13)11-2-1-4-20(8-11)7-10-3-5-21-9-10/h6,10-11H,1-5,7-9H2,(H,18,19)/t10-,11+/m1/s1. The maximum Gasteiger partial charge on any atom is 0.435 e. The van der Waals surface area contributed by atoms with Gasteiger partial charge in [-0.1, -0.05) is 0 Å². The highest BCUT2D eigenvalue weighted by Gasteiger charge is 2.35. The fourth-order valence-electron chi connectivity index (χ4n) is 3.26. The third kappa shape index (κ3) is 3.58. The second-order valence-electron chi connectivity index (χ2n) is 6.03. The molecule has 0 unspecified atom stereocenters. The third-order valence-electron chi connectivity index (χ3n) is 4.37. The van der Waals surface area contributed by atoms with Crippen LogP contribution in [0.15, 0.2) is 6.07 Å². The highest BCUT2D eigenvalue weighted by atomic mass is 19.4. The molecule has 2 fully saturated rings. The summed E-state index contributed by atoms with van der Waals surface area (Å²) in [6.07, 6.45) is -1.36. The molecule has 7 heteroatoms. The predicted octanol–water partition coefficient (Wildman–Crippen LogP) is 2.64. The van der Waals surface area contributed by atoms with E-state index >= 15 is 0 Å². The largest absolute Gasteiger partial charge is 0.435 e. The fraction of sp³-hybridized carbons (Fsp3) is 0.786. The summed E-state index contributed by atoms with van der Waals surface area (Å²) in [5.74, 6) is 0.681. The summed E-state index contributed by atoms with van der Waals surface area (Å²) < 4.78 is 43.2. The number of nitrogens with one attached hydrogen (secondary N) is 1. The number of aromatic nitrogens is 2. The number of piperidine rings is 1. The number of H-pyrrole nitrogens is 1. The van der Waals surface area contributed by atoms with Crippen LogP contribution < -0.4 is 0 Å². The quantitative estimate of drug-likeness (QED) is 0.933. The Hall–Kier alpha value is -1.08. The average Bonchev–Trinajstić information content (AvgIpc) is 3.09. The van der Waals surface area contributed by atoms with Crippen molar-refractivity contribution < 1.29 is 17.9 Å². The van der Waals surface area contributed by atoms with Crippen LogP contribution in [0, 0.1) is 5.92 Å². The zero-order valence-electron chi connectivity index (χ0n) is 11.8. The molecule has 2 aliphatic rings. The average molecular weight is 303 g/mol. The second-order valence-corrected chi connectivity index (χ2v) is 6.03. The van der Waals surface area contributed by atoms with E-state index in [1.54, 1.807) is 0 Å². The van der Waals surface area contributed by atoms with E-state index in [1.807, 2.05) is 0 Å². The molecule has 3 heterocycles. The van der Waals surface area contributed by atoms with Gasteiger partial charge >= 0.3 is 6.18 Å². The summed E-state index contributed by atoms with van der Waals surface area (Å²) in [6.45, 7) is 4.45. The van der Waals surface area contributed by atoms with Gasteiger partial charge in [-0.15, -0.1) is 0 Å². The summed E-state index contributed by atoms with van der Waals surface area (Å²) in [5.41, 5.74) is -0.214. The number of likely N-dealkylation sites (tertiary alicyclic amines) is 1. The molecule has 0 spiro atoms. The summed E-state index contributed by atoms with van der Waals surface area (Å²) in [4.78, 5) is 2.35. The van der Waals surface area contributed by atoms with Crippen LogP contribution in [0.2, 0.25) is 0 Å². The molecule has 1 N–H and O–H groups in total.